The maximum Gasteiger partial charge on any atom is 0.424 e. The van der Waals surface area contributed by atoms with Crippen LogP contribution >= 0.6 is 11.3 Å². The summed E-state index contributed by atoms with van der Waals surface area (Å²) in [5.74, 6) is -2.09. The van der Waals surface area contributed by atoms with E-state index in [0.717, 1.165) is 36.0 Å². The summed E-state index contributed by atoms with van der Waals surface area (Å²) in [5.41, 5.74) is 1.21. The summed E-state index contributed by atoms with van der Waals surface area (Å²) in [6, 6.07) is 8.47. The maximum absolute atomic E-state index is 14.7. The van der Waals surface area contributed by atoms with Crippen molar-refractivity contribution in [3.05, 3.63) is 70.1 Å². The van der Waals surface area contributed by atoms with Gasteiger partial charge >= 0.3 is 6.18 Å². The zero-order chi connectivity index (χ0) is 31.8. The zero-order valence-corrected chi connectivity index (χ0v) is 24.4. The highest BCUT2D eigenvalue weighted by Gasteiger charge is 2.56. The number of carbonyl (C=O) groups excluding carboxylic acids is 2. The number of hydrogen-bond acceptors (Lipinski definition) is 8. The van der Waals surface area contributed by atoms with Gasteiger partial charge in [-0.25, -0.2) is 14.4 Å². The van der Waals surface area contributed by atoms with Gasteiger partial charge in [0.2, 0.25) is 11.5 Å². The molecule has 4 aromatic rings. The molecule has 1 aliphatic carbocycles. The van der Waals surface area contributed by atoms with E-state index in [2.05, 4.69) is 15.3 Å². The number of nitrogens with one attached hydrogen (secondary N) is 1. The third-order valence-electron chi connectivity index (χ3n) is 6.87. The molecule has 0 bridgehead atoms. The van der Waals surface area contributed by atoms with E-state index < -0.39 is 48.1 Å². The molecule has 14 heteroatoms. The molecular formula is C30H28F4N4O5S. The number of carbonyl (C=O) groups is 2. The molecule has 0 spiro atoms. The van der Waals surface area contributed by atoms with Gasteiger partial charge in [0.1, 0.15) is 28.5 Å². The number of nitrogens with zero attached hydrogens (tertiary/aromatic N) is 2. The second-order valence-corrected chi connectivity index (χ2v) is 11.6. The first-order chi connectivity index (χ1) is 20.8. The number of ether oxygens (including phenoxy) is 2. The number of hydrogen-bond donors (Lipinski definition) is 3. The summed E-state index contributed by atoms with van der Waals surface area (Å²) < 4.78 is 69.8. The molecule has 4 N–H and O–H groups in total. The van der Waals surface area contributed by atoms with E-state index in [1.54, 1.807) is 13.8 Å². The minimum Gasteiger partial charge on any atom is -0.491 e. The summed E-state index contributed by atoms with van der Waals surface area (Å²) in [5, 5.41) is 14.1. The van der Waals surface area contributed by atoms with Crippen molar-refractivity contribution in [1.29, 1.82) is 0 Å². The fraction of sp³-hybridized carbons (Fsp3) is 0.333. The number of aromatic nitrogens is 2. The fourth-order valence-electron chi connectivity index (χ4n) is 4.57. The van der Waals surface area contributed by atoms with Crippen molar-refractivity contribution < 1.29 is 41.7 Å². The van der Waals surface area contributed by atoms with E-state index in [1.807, 2.05) is 0 Å². The zero-order valence-electron chi connectivity index (χ0n) is 23.6. The van der Waals surface area contributed by atoms with Gasteiger partial charge in [0, 0.05) is 16.7 Å². The van der Waals surface area contributed by atoms with Crippen LogP contribution in [0.4, 0.5) is 17.6 Å². The maximum atomic E-state index is 14.7. The summed E-state index contributed by atoms with van der Waals surface area (Å²) in [4.78, 5) is 33.6. The highest BCUT2D eigenvalue weighted by atomic mass is 32.1. The lowest BCUT2D eigenvalue weighted by atomic mass is 9.93. The molecule has 2 aromatic carbocycles. The van der Waals surface area contributed by atoms with Crippen LogP contribution in [0.1, 0.15) is 46.4 Å². The second kappa shape index (κ2) is 12.0. The minimum atomic E-state index is -5.34. The number of aryl methyl sites for hydroxylation is 1. The number of fused-ring (bicyclic) bond motifs is 1. The molecule has 1 atom stereocenters. The molecule has 0 saturated heterocycles. The van der Waals surface area contributed by atoms with Crippen LogP contribution < -0.4 is 20.5 Å². The largest absolute Gasteiger partial charge is 0.491 e. The number of rotatable bonds is 11. The normalized spacial score (nSPS) is 14.7. The average Bonchev–Trinajstić information content (AvgIpc) is 3.69. The van der Waals surface area contributed by atoms with Crippen LogP contribution in [-0.4, -0.2) is 52.3 Å². The smallest absolute Gasteiger partial charge is 0.424 e. The molecule has 2 amide bonds. The standard InChI is InChI=1S/C30H28F4N4O5S/c1-3-42-27-17(13-24(35)39)12-23(38-25(27)16-4-6-19(31)7-5-16)29(41,30(32,33)34)14-36-28(40)18-10-21(43-20-8-9-20)26-22(11-18)44-15(2)37-26/h4-7,10-12,20,41H,3,8-9,13-14H2,1-2H3,(H2,35,39)(H,36,40)/t29-/m0/s1. The van der Waals surface area contributed by atoms with Crippen molar-refractivity contribution >= 4 is 33.4 Å². The van der Waals surface area contributed by atoms with Crippen molar-refractivity contribution in [3.63, 3.8) is 0 Å². The van der Waals surface area contributed by atoms with E-state index in [9.17, 15) is 32.3 Å². The first kappa shape index (κ1) is 31.1. The molecule has 44 heavy (non-hydrogen) atoms. The SMILES string of the molecule is CCOc1c(CC(N)=O)cc([C@@](O)(CNC(=O)c2cc(OC3CC3)c3nc(C)sc3c2)C(F)(F)F)nc1-c1ccc(F)cc1. The molecule has 0 radical (unpaired) electrons. The molecule has 1 fully saturated rings. The Labute approximate surface area is 253 Å². The molecule has 2 heterocycles. The fourth-order valence-corrected chi connectivity index (χ4v) is 5.45. The van der Waals surface area contributed by atoms with Crippen molar-refractivity contribution in [3.8, 4) is 22.8 Å². The van der Waals surface area contributed by atoms with Crippen LogP contribution in [0.25, 0.3) is 21.5 Å². The number of pyridine rings is 1. The van der Waals surface area contributed by atoms with Crippen LogP contribution in [0.15, 0.2) is 42.5 Å². The number of benzene rings is 2. The molecule has 1 saturated carbocycles. The van der Waals surface area contributed by atoms with Crippen LogP contribution in [0.5, 0.6) is 11.5 Å². The van der Waals surface area contributed by atoms with E-state index >= 15 is 0 Å². The Bertz CT molecular complexity index is 1720. The summed E-state index contributed by atoms with van der Waals surface area (Å²) in [6.07, 6.45) is -4.23. The van der Waals surface area contributed by atoms with Gasteiger partial charge in [0.05, 0.1) is 41.1 Å². The number of amides is 2. The van der Waals surface area contributed by atoms with Gasteiger partial charge < -0.3 is 25.6 Å². The Balaban J connectivity index is 1.55. The molecule has 9 nitrogen and oxygen atoms in total. The molecule has 1 aliphatic rings. The van der Waals surface area contributed by atoms with Gasteiger partial charge in [0.25, 0.3) is 5.91 Å². The van der Waals surface area contributed by atoms with Crippen molar-refractivity contribution in [2.45, 2.75) is 51.0 Å². The van der Waals surface area contributed by atoms with Crippen LogP contribution in [0, 0.1) is 12.7 Å². The van der Waals surface area contributed by atoms with Crippen molar-refractivity contribution in [1.82, 2.24) is 15.3 Å². The van der Waals surface area contributed by atoms with E-state index in [4.69, 9.17) is 15.2 Å². The minimum absolute atomic E-state index is 0.0161. The highest BCUT2D eigenvalue weighted by Crippen LogP contribution is 2.42. The summed E-state index contributed by atoms with van der Waals surface area (Å²) in [6.45, 7) is 2.12. The third kappa shape index (κ3) is 6.45. The molecule has 0 aliphatic heterocycles. The van der Waals surface area contributed by atoms with Gasteiger partial charge in [0.15, 0.2) is 0 Å². The van der Waals surface area contributed by atoms with Gasteiger partial charge in [-0.2, -0.15) is 13.2 Å². The first-order valence-corrected chi connectivity index (χ1v) is 14.5. The molecule has 5 rings (SSSR count). The molecule has 0 unspecified atom stereocenters. The predicted octanol–water partition coefficient (Wildman–Crippen LogP) is 4.95. The Morgan fingerprint density at radius 3 is 2.45 bits per heavy atom. The van der Waals surface area contributed by atoms with Crippen molar-refractivity contribution in [2.24, 2.45) is 5.73 Å². The molecule has 2 aromatic heterocycles. The molecular weight excluding hydrogens is 604 g/mol. The quantitative estimate of drug-likeness (QED) is 0.199. The van der Waals surface area contributed by atoms with E-state index in [0.29, 0.717) is 16.0 Å². The number of primary amides is 1. The average molecular weight is 633 g/mol. The monoisotopic (exact) mass is 632 g/mol. The number of alkyl halides is 3. The lowest BCUT2D eigenvalue weighted by Crippen LogP contribution is -2.51. The van der Waals surface area contributed by atoms with Crippen LogP contribution in [-0.2, 0) is 16.8 Å². The highest BCUT2D eigenvalue weighted by molar-refractivity contribution is 7.18. The number of nitrogens with two attached hydrogens (primary N) is 1. The Morgan fingerprint density at radius 1 is 1.14 bits per heavy atom. The molecule has 232 valence electrons. The third-order valence-corrected chi connectivity index (χ3v) is 7.78. The predicted molar refractivity (Wildman–Crippen MR) is 154 cm³/mol. The number of aliphatic hydroxyl groups is 1. The summed E-state index contributed by atoms with van der Waals surface area (Å²) >= 11 is 1.30. The van der Waals surface area contributed by atoms with Gasteiger partial charge in [-0.15, -0.1) is 11.3 Å². The number of thiazole rings is 1. The summed E-state index contributed by atoms with van der Waals surface area (Å²) in [7, 11) is 0. The second-order valence-electron chi connectivity index (χ2n) is 10.3. The van der Waals surface area contributed by atoms with E-state index in [-0.39, 0.29) is 40.8 Å². The first-order valence-electron chi connectivity index (χ1n) is 13.7. The lowest BCUT2D eigenvalue weighted by Gasteiger charge is -2.31. The van der Waals surface area contributed by atoms with Crippen LogP contribution in [0.3, 0.4) is 0 Å². The van der Waals surface area contributed by atoms with Gasteiger partial charge in [-0.1, -0.05) is 0 Å². The van der Waals surface area contributed by atoms with Gasteiger partial charge in [-0.3, -0.25) is 9.59 Å². The topological polar surface area (TPSA) is 137 Å². The van der Waals surface area contributed by atoms with Crippen molar-refractivity contribution in [2.75, 3.05) is 13.2 Å². The Morgan fingerprint density at radius 2 is 1.84 bits per heavy atom. The Kier molecular flexibility index (Phi) is 8.49. The van der Waals surface area contributed by atoms with E-state index in [1.165, 1.54) is 35.6 Å². The number of halogens is 4. The lowest BCUT2D eigenvalue weighted by molar-refractivity contribution is -0.265. The van der Waals surface area contributed by atoms with Gasteiger partial charge in [-0.05, 0) is 69.2 Å². The Hall–Kier alpha value is -4.30. The van der Waals surface area contributed by atoms with Crippen LogP contribution in [0.2, 0.25) is 0 Å².